The van der Waals surface area contributed by atoms with Crippen LogP contribution in [0, 0.1) is 13.8 Å². The third kappa shape index (κ3) is 3.44. The predicted octanol–water partition coefficient (Wildman–Crippen LogP) is 7.23. The van der Waals surface area contributed by atoms with Crippen molar-refractivity contribution < 1.29 is 4.79 Å². The Labute approximate surface area is 202 Å². The van der Waals surface area contributed by atoms with E-state index in [-0.39, 0.29) is 12.1 Å². The molecule has 1 atom stereocenters. The lowest BCUT2D eigenvalue weighted by Gasteiger charge is -2.30. The molecule has 0 saturated carbocycles. The van der Waals surface area contributed by atoms with E-state index in [0.29, 0.717) is 6.54 Å². The van der Waals surface area contributed by atoms with Crippen molar-refractivity contribution in [3.63, 3.8) is 0 Å². The minimum atomic E-state index is -0.121. The van der Waals surface area contributed by atoms with Crippen LogP contribution in [0.5, 0.6) is 0 Å². The zero-order valence-corrected chi connectivity index (χ0v) is 20.6. The van der Waals surface area contributed by atoms with Crippen molar-refractivity contribution in [2.45, 2.75) is 52.1 Å². The maximum absolute atomic E-state index is 13.9. The molecule has 0 unspecified atom stereocenters. The molecule has 2 amide bonds. The first-order valence-electron chi connectivity index (χ1n) is 11.6. The molecule has 4 heterocycles. The number of benzene rings is 1. The van der Waals surface area contributed by atoms with Crippen LogP contribution in [0.2, 0.25) is 0 Å². The molecule has 2 aliphatic rings. The summed E-state index contributed by atoms with van der Waals surface area (Å²) in [6, 6.07) is 14.5. The Kier molecular flexibility index (Phi) is 5.15. The van der Waals surface area contributed by atoms with E-state index in [1.54, 1.807) is 11.3 Å². The Morgan fingerprint density at radius 1 is 1.03 bits per heavy atom. The summed E-state index contributed by atoms with van der Waals surface area (Å²) in [6.07, 6.45) is 6.95. The molecule has 0 saturated heterocycles. The fraction of sp³-hybridized carbons (Fsp3) is 0.296. The van der Waals surface area contributed by atoms with Crippen molar-refractivity contribution in [3.05, 3.63) is 91.7 Å². The van der Waals surface area contributed by atoms with Gasteiger partial charge in [-0.05, 0) is 85.9 Å². The van der Waals surface area contributed by atoms with Crippen LogP contribution in [-0.2, 0) is 19.4 Å². The molecule has 4 nitrogen and oxygen atoms in total. The smallest absolute Gasteiger partial charge is 0.310 e. The number of nitrogens with zero attached hydrogens (tertiary/aromatic N) is 2. The van der Waals surface area contributed by atoms with E-state index in [1.807, 2.05) is 28.4 Å². The zero-order valence-electron chi connectivity index (χ0n) is 18.9. The quantitative estimate of drug-likeness (QED) is 0.327. The molecule has 3 aromatic heterocycles. The molecular weight excluding hydrogens is 446 g/mol. The highest BCUT2D eigenvalue weighted by molar-refractivity contribution is 7.15. The van der Waals surface area contributed by atoms with E-state index < -0.39 is 0 Å². The van der Waals surface area contributed by atoms with Crippen molar-refractivity contribution in [1.29, 1.82) is 0 Å². The van der Waals surface area contributed by atoms with Gasteiger partial charge in [0.15, 0.2) is 0 Å². The van der Waals surface area contributed by atoms with Gasteiger partial charge in [-0.3, -0.25) is 0 Å². The van der Waals surface area contributed by atoms with Crippen molar-refractivity contribution in [3.8, 4) is 5.00 Å². The maximum atomic E-state index is 13.9. The molecule has 1 aromatic carbocycles. The fourth-order valence-electron chi connectivity index (χ4n) is 5.21. The van der Waals surface area contributed by atoms with Crippen molar-refractivity contribution in [2.75, 3.05) is 5.32 Å². The summed E-state index contributed by atoms with van der Waals surface area (Å²) < 4.78 is 2.34. The number of anilines is 1. The van der Waals surface area contributed by atoms with Gasteiger partial charge < -0.3 is 14.8 Å². The number of aryl methyl sites for hydroxylation is 2. The molecule has 0 bridgehead atoms. The van der Waals surface area contributed by atoms with Gasteiger partial charge in [-0.25, -0.2) is 4.79 Å². The molecular formula is C27H27N3OS2. The summed E-state index contributed by atoms with van der Waals surface area (Å²) >= 11 is 3.65. The number of amides is 2. The third-order valence-corrected chi connectivity index (χ3v) is 9.36. The van der Waals surface area contributed by atoms with Crippen molar-refractivity contribution in [2.24, 2.45) is 0 Å². The van der Waals surface area contributed by atoms with E-state index in [4.69, 9.17) is 0 Å². The number of thiophene rings is 2. The first-order valence-corrected chi connectivity index (χ1v) is 13.3. The molecule has 1 aliphatic heterocycles. The number of hydrogen-bond donors (Lipinski definition) is 1. The van der Waals surface area contributed by atoms with E-state index in [1.165, 1.54) is 44.3 Å². The van der Waals surface area contributed by atoms with Gasteiger partial charge in [0.2, 0.25) is 0 Å². The van der Waals surface area contributed by atoms with Crippen LogP contribution in [0.15, 0.2) is 54.0 Å². The minimum Gasteiger partial charge on any atom is -0.310 e. The summed E-state index contributed by atoms with van der Waals surface area (Å²) in [5, 5.41) is 6.65. The summed E-state index contributed by atoms with van der Waals surface area (Å²) in [4.78, 5) is 18.7. The average Bonchev–Trinajstić information content (AvgIpc) is 3.56. The molecule has 0 radical (unpaired) electrons. The van der Waals surface area contributed by atoms with Gasteiger partial charge in [-0.1, -0.05) is 18.2 Å². The number of fused-ring (bicyclic) bond motifs is 5. The lowest BCUT2D eigenvalue weighted by Crippen LogP contribution is -2.38. The highest BCUT2D eigenvalue weighted by Crippen LogP contribution is 2.44. The molecule has 33 heavy (non-hydrogen) atoms. The molecule has 4 aromatic rings. The summed E-state index contributed by atoms with van der Waals surface area (Å²) in [5.74, 6) is 0. The second-order valence-corrected chi connectivity index (χ2v) is 11.1. The molecule has 6 rings (SSSR count). The Morgan fingerprint density at radius 3 is 2.76 bits per heavy atom. The summed E-state index contributed by atoms with van der Waals surface area (Å²) in [6.45, 7) is 4.78. The molecule has 1 aliphatic carbocycles. The number of urea groups is 1. The van der Waals surface area contributed by atoms with E-state index in [0.717, 1.165) is 29.8 Å². The van der Waals surface area contributed by atoms with Gasteiger partial charge >= 0.3 is 6.03 Å². The Hall–Kier alpha value is -2.83. The first-order chi connectivity index (χ1) is 16.1. The maximum Gasteiger partial charge on any atom is 0.323 e. The van der Waals surface area contributed by atoms with Crippen molar-refractivity contribution >= 4 is 34.4 Å². The second kappa shape index (κ2) is 8.19. The van der Waals surface area contributed by atoms with E-state index in [2.05, 4.69) is 65.6 Å². The number of rotatable bonds is 2. The average molecular weight is 474 g/mol. The number of nitrogens with one attached hydrogen (secondary N) is 1. The van der Waals surface area contributed by atoms with Gasteiger partial charge in [0.05, 0.1) is 12.2 Å². The van der Waals surface area contributed by atoms with Crippen molar-refractivity contribution in [1.82, 2.24) is 9.47 Å². The molecule has 0 fully saturated rings. The number of aromatic nitrogens is 1. The fourth-order valence-corrected chi connectivity index (χ4v) is 7.46. The van der Waals surface area contributed by atoms with Crippen LogP contribution < -0.4 is 5.32 Å². The molecule has 1 N–H and O–H groups in total. The second-order valence-electron chi connectivity index (χ2n) is 9.02. The lowest BCUT2D eigenvalue weighted by molar-refractivity contribution is 0.195. The van der Waals surface area contributed by atoms with Crippen LogP contribution in [0.4, 0.5) is 10.5 Å². The molecule has 0 spiro atoms. The van der Waals surface area contributed by atoms with Crippen LogP contribution >= 0.6 is 22.7 Å². The Bertz CT molecular complexity index is 1330. The van der Waals surface area contributed by atoms with Gasteiger partial charge in [-0.15, -0.1) is 22.7 Å². The normalized spacial score (nSPS) is 17.2. The Morgan fingerprint density at radius 2 is 1.91 bits per heavy atom. The van der Waals surface area contributed by atoms with Gasteiger partial charge in [0.1, 0.15) is 11.0 Å². The highest BCUT2D eigenvalue weighted by atomic mass is 32.1. The standard InChI is InChI=1S/C27H27N3OS2/c1-17-8-5-10-21(18(17)2)28-27(31)30-16-20-19-9-3-4-12-23(19)33-26(20)29-14-6-11-22(29)25(30)24-13-7-15-32-24/h5-8,10-11,13-15,25H,3-4,9,12,16H2,1-2H3,(H,28,31)/t25-/m1/s1. The SMILES string of the molecule is Cc1cccc(NC(=O)N2Cc3c(sc4c3CCCC4)-n3cccc3[C@@H]2c2cccs2)c1C. The lowest BCUT2D eigenvalue weighted by atomic mass is 9.95. The monoisotopic (exact) mass is 473 g/mol. The summed E-state index contributed by atoms with van der Waals surface area (Å²) in [5.41, 5.74) is 7.16. The van der Waals surface area contributed by atoms with E-state index in [9.17, 15) is 4.79 Å². The summed E-state index contributed by atoms with van der Waals surface area (Å²) in [7, 11) is 0. The van der Waals surface area contributed by atoms with E-state index >= 15 is 0 Å². The van der Waals surface area contributed by atoms with Gasteiger partial charge in [-0.2, -0.15) is 0 Å². The van der Waals surface area contributed by atoms with Gasteiger partial charge in [0.25, 0.3) is 0 Å². The number of carbonyl (C=O) groups is 1. The molecule has 168 valence electrons. The highest BCUT2D eigenvalue weighted by Gasteiger charge is 2.36. The largest absolute Gasteiger partial charge is 0.323 e. The minimum absolute atomic E-state index is 0.0431. The van der Waals surface area contributed by atoms with Crippen LogP contribution in [-0.4, -0.2) is 15.5 Å². The zero-order chi connectivity index (χ0) is 22.5. The molecule has 6 heteroatoms. The third-order valence-electron chi connectivity index (χ3n) is 7.10. The Balaban J connectivity index is 1.49. The topological polar surface area (TPSA) is 37.3 Å². The number of carbonyl (C=O) groups excluding carboxylic acids is 1. The van der Waals surface area contributed by atoms with Crippen LogP contribution in [0.25, 0.3) is 5.00 Å². The number of hydrogen-bond acceptors (Lipinski definition) is 3. The van der Waals surface area contributed by atoms with Gasteiger partial charge in [0, 0.05) is 27.2 Å². The predicted molar refractivity (Wildman–Crippen MR) is 137 cm³/mol. The van der Waals surface area contributed by atoms with Crippen LogP contribution in [0.3, 0.4) is 0 Å². The first kappa shape index (κ1) is 20.8. The van der Waals surface area contributed by atoms with Crippen LogP contribution in [0.1, 0.15) is 56.6 Å².